The van der Waals surface area contributed by atoms with Crippen molar-refractivity contribution in [1.82, 2.24) is 0 Å². The largest absolute Gasteiger partial charge is 0.394 e. The summed E-state index contributed by atoms with van der Waals surface area (Å²) in [4.78, 5) is 0. The van der Waals surface area contributed by atoms with Crippen molar-refractivity contribution in [3.8, 4) is 0 Å². The lowest BCUT2D eigenvalue weighted by atomic mass is 9.98. The molecule has 1 rings (SSSR count). The zero-order chi connectivity index (χ0) is 9.30. The maximum Gasteiger partial charge on any atom is 0.173 e. The third-order valence-electron chi connectivity index (χ3n) is 1.95. The molecule has 1 fully saturated rings. The molecule has 0 spiro atoms. The van der Waals surface area contributed by atoms with Gasteiger partial charge < -0.3 is 30.9 Å². The first kappa shape index (κ1) is 13.5. The molecule has 1 unspecified atom stereocenters. The summed E-state index contributed by atoms with van der Waals surface area (Å²) in [6.07, 6.45) is -4.85. The van der Waals surface area contributed by atoms with Gasteiger partial charge in [-0.1, -0.05) is 0 Å². The summed E-state index contributed by atoms with van der Waals surface area (Å²) in [5.74, 6) is 0. The summed E-state index contributed by atoms with van der Waals surface area (Å²) in [5, 5.41) is 36.1. The number of rotatable bonds is 1. The summed E-state index contributed by atoms with van der Waals surface area (Å²) < 4.78 is 4.70. The fraction of sp³-hybridized carbons (Fsp3) is 1.00. The van der Waals surface area contributed by atoms with E-state index in [9.17, 15) is 10.2 Å². The lowest BCUT2D eigenvalue weighted by Gasteiger charge is -2.38. The highest BCUT2D eigenvalue weighted by Gasteiger charge is 2.41. The maximum atomic E-state index is 9.20. The van der Waals surface area contributed by atoms with Gasteiger partial charge in [0.25, 0.3) is 0 Å². The minimum absolute atomic E-state index is 0. The third kappa shape index (κ3) is 2.74. The second-order valence-corrected chi connectivity index (χ2v) is 2.81. The molecule has 6 nitrogen and oxygen atoms in total. The molecule has 7 heteroatoms. The smallest absolute Gasteiger partial charge is 0.173 e. The molecule has 5 atom stereocenters. The molecule has 6 N–H and O–H groups in total. The Morgan fingerprint density at radius 2 is 1.69 bits per heavy atom. The number of nitrogens with two attached hydrogens (primary N) is 1. The molecular weight excluding hydrogens is 190 g/mol. The van der Waals surface area contributed by atoms with E-state index in [0.29, 0.717) is 0 Å². The van der Waals surface area contributed by atoms with E-state index in [4.69, 9.17) is 20.7 Å². The Morgan fingerprint density at radius 1 is 1.15 bits per heavy atom. The van der Waals surface area contributed by atoms with E-state index in [0.717, 1.165) is 0 Å². The van der Waals surface area contributed by atoms with Crippen LogP contribution in [-0.4, -0.2) is 80.7 Å². The minimum atomic E-state index is -1.35. The Labute approximate surface area is 91.5 Å². The fourth-order valence-electron chi connectivity index (χ4n) is 1.12. The fourth-order valence-corrected chi connectivity index (χ4v) is 1.12. The number of ether oxygens (including phenoxy) is 1. The standard InChI is InChI=1S/C6H13NO5.Mg/c7-3-5(10)4(9)2(1-8)12-6(3)11;/h2-6,8-11H,1,7H2;/t2-,3-,4-,5-,6?;/m1./s1. The molecular formula is C6H13MgNO5. The molecule has 0 aromatic rings. The van der Waals surface area contributed by atoms with Crippen molar-refractivity contribution in [3.05, 3.63) is 0 Å². The highest BCUT2D eigenvalue weighted by Crippen LogP contribution is 2.17. The molecule has 2 radical (unpaired) electrons. The summed E-state index contributed by atoms with van der Waals surface area (Å²) in [5.41, 5.74) is 5.26. The first-order valence-electron chi connectivity index (χ1n) is 3.64. The zero-order valence-corrected chi connectivity index (χ0v) is 8.49. The van der Waals surface area contributed by atoms with E-state index in [1.165, 1.54) is 0 Å². The van der Waals surface area contributed by atoms with E-state index in [1.54, 1.807) is 0 Å². The van der Waals surface area contributed by atoms with Gasteiger partial charge >= 0.3 is 0 Å². The molecule has 1 aliphatic rings. The van der Waals surface area contributed by atoms with Gasteiger partial charge in [0.05, 0.1) is 12.6 Å². The molecule has 1 saturated heterocycles. The predicted octanol–water partition coefficient (Wildman–Crippen LogP) is -3.64. The second-order valence-electron chi connectivity index (χ2n) is 2.81. The predicted molar refractivity (Wildman–Crippen MR) is 43.7 cm³/mol. The Balaban J connectivity index is 0.00000144. The van der Waals surface area contributed by atoms with Crippen LogP contribution in [0.3, 0.4) is 0 Å². The molecule has 1 aliphatic heterocycles. The molecule has 0 saturated carbocycles. The van der Waals surface area contributed by atoms with Crippen LogP contribution in [0.25, 0.3) is 0 Å². The molecule has 0 aromatic carbocycles. The number of aliphatic hydroxyl groups is 4. The minimum Gasteiger partial charge on any atom is -0.394 e. The third-order valence-corrected chi connectivity index (χ3v) is 1.95. The van der Waals surface area contributed by atoms with Crippen molar-refractivity contribution in [1.29, 1.82) is 0 Å². The Morgan fingerprint density at radius 3 is 2.15 bits per heavy atom. The molecule has 0 bridgehead atoms. The van der Waals surface area contributed by atoms with Crippen molar-refractivity contribution in [2.24, 2.45) is 5.73 Å². The number of aliphatic hydroxyl groups excluding tert-OH is 4. The molecule has 74 valence electrons. The average Bonchev–Trinajstić information content (AvgIpc) is 2.08. The molecule has 0 aliphatic carbocycles. The Hall–Kier alpha value is 0.526. The van der Waals surface area contributed by atoms with Gasteiger partial charge in [0.1, 0.15) is 18.3 Å². The van der Waals surface area contributed by atoms with Gasteiger partial charge in [-0.05, 0) is 0 Å². The van der Waals surface area contributed by atoms with Crippen LogP contribution in [0.1, 0.15) is 0 Å². The summed E-state index contributed by atoms with van der Waals surface area (Å²) in [6, 6.07) is -1.04. The summed E-state index contributed by atoms with van der Waals surface area (Å²) >= 11 is 0. The zero-order valence-electron chi connectivity index (χ0n) is 7.08. The van der Waals surface area contributed by atoms with E-state index < -0.39 is 37.3 Å². The van der Waals surface area contributed by atoms with E-state index in [1.807, 2.05) is 0 Å². The average molecular weight is 203 g/mol. The lowest BCUT2D eigenvalue weighted by Crippen LogP contribution is -2.61. The monoisotopic (exact) mass is 203 g/mol. The molecule has 13 heavy (non-hydrogen) atoms. The Kier molecular flexibility index (Phi) is 5.64. The van der Waals surface area contributed by atoms with Gasteiger partial charge in [-0.3, -0.25) is 0 Å². The van der Waals surface area contributed by atoms with E-state index >= 15 is 0 Å². The molecule has 0 aromatic heterocycles. The van der Waals surface area contributed by atoms with Gasteiger partial charge in [0, 0.05) is 23.1 Å². The maximum absolute atomic E-state index is 9.20. The molecule has 0 amide bonds. The van der Waals surface area contributed by atoms with Crippen molar-refractivity contribution >= 4 is 23.1 Å². The van der Waals surface area contributed by atoms with Crippen LogP contribution in [-0.2, 0) is 4.74 Å². The van der Waals surface area contributed by atoms with Crippen molar-refractivity contribution in [2.45, 2.75) is 30.6 Å². The van der Waals surface area contributed by atoms with Crippen LogP contribution in [0.4, 0.5) is 0 Å². The van der Waals surface area contributed by atoms with Crippen LogP contribution in [0.15, 0.2) is 0 Å². The number of hydrogen-bond donors (Lipinski definition) is 5. The first-order chi connectivity index (χ1) is 5.57. The number of hydrogen-bond acceptors (Lipinski definition) is 6. The van der Waals surface area contributed by atoms with Crippen molar-refractivity contribution < 1.29 is 25.2 Å². The first-order valence-corrected chi connectivity index (χ1v) is 3.64. The van der Waals surface area contributed by atoms with Crippen LogP contribution >= 0.6 is 0 Å². The lowest BCUT2D eigenvalue weighted by molar-refractivity contribution is -0.248. The van der Waals surface area contributed by atoms with Crippen molar-refractivity contribution in [3.63, 3.8) is 0 Å². The van der Waals surface area contributed by atoms with Crippen LogP contribution in [0.2, 0.25) is 0 Å². The van der Waals surface area contributed by atoms with E-state index in [2.05, 4.69) is 0 Å². The van der Waals surface area contributed by atoms with Crippen LogP contribution in [0.5, 0.6) is 0 Å². The second kappa shape index (κ2) is 5.42. The van der Waals surface area contributed by atoms with Gasteiger partial charge in [0.2, 0.25) is 0 Å². The SMILES string of the molecule is N[C@H]1C(O)O[C@H](CO)[C@@H](O)[C@@H]1O.[Mg]. The summed E-state index contributed by atoms with van der Waals surface area (Å²) in [6.45, 7) is -0.470. The highest BCUT2D eigenvalue weighted by molar-refractivity contribution is 5.75. The normalized spacial score (nSPS) is 45.5. The quantitative estimate of drug-likeness (QED) is 0.281. The topological polar surface area (TPSA) is 116 Å². The van der Waals surface area contributed by atoms with Crippen LogP contribution in [0, 0.1) is 0 Å². The van der Waals surface area contributed by atoms with Gasteiger partial charge in [-0.15, -0.1) is 0 Å². The van der Waals surface area contributed by atoms with Crippen molar-refractivity contribution in [2.75, 3.05) is 6.61 Å². The Bertz CT molecular complexity index is 155. The summed E-state index contributed by atoms with van der Waals surface area (Å²) in [7, 11) is 0. The van der Waals surface area contributed by atoms with Gasteiger partial charge in [-0.2, -0.15) is 0 Å². The van der Waals surface area contributed by atoms with E-state index in [-0.39, 0.29) is 23.1 Å². The van der Waals surface area contributed by atoms with Gasteiger partial charge in [0.15, 0.2) is 6.29 Å². The molecule has 1 heterocycles. The van der Waals surface area contributed by atoms with Gasteiger partial charge in [-0.25, -0.2) is 0 Å². The highest BCUT2D eigenvalue weighted by atomic mass is 24.3. The van der Waals surface area contributed by atoms with Crippen LogP contribution < -0.4 is 5.73 Å².